The normalized spacial score (nSPS) is 17.2. The van der Waals surface area contributed by atoms with E-state index in [-0.39, 0.29) is 5.56 Å². The van der Waals surface area contributed by atoms with Gasteiger partial charge in [-0.2, -0.15) is 0 Å². The van der Waals surface area contributed by atoms with E-state index in [1.807, 2.05) is 0 Å². The molecule has 0 aliphatic carbocycles. The number of rotatable bonds is 5. The Labute approximate surface area is 99.8 Å². The van der Waals surface area contributed by atoms with Crippen LogP contribution in [0.2, 0.25) is 0 Å². The molecule has 2 heterocycles. The molecule has 0 saturated carbocycles. The molecule has 2 N–H and O–H groups in total. The first-order valence-corrected chi connectivity index (χ1v) is 5.85. The fourth-order valence-corrected chi connectivity index (χ4v) is 2.01. The first-order valence-electron chi connectivity index (χ1n) is 5.85. The monoisotopic (exact) mass is 239 g/mol. The molecule has 0 unspecified atom stereocenters. The van der Waals surface area contributed by atoms with Crippen molar-refractivity contribution < 1.29 is 19.1 Å². The molecule has 94 valence electrons. The van der Waals surface area contributed by atoms with Gasteiger partial charge in [0.05, 0.1) is 12.8 Å². The van der Waals surface area contributed by atoms with Crippen molar-refractivity contribution in [3.8, 4) is 0 Å². The minimum absolute atomic E-state index is 0.240. The van der Waals surface area contributed by atoms with E-state index in [1.165, 1.54) is 12.3 Å². The van der Waals surface area contributed by atoms with Crippen LogP contribution in [0.3, 0.4) is 0 Å². The summed E-state index contributed by atoms with van der Waals surface area (Å²) in [6.07, 6.45) is 3.54. The van der Waals surface area contributed by atoms with Gasteiger partial charge in [-0.3, -0.25) is 0 Å². The molecule has 1 fully saturated rings. The summed E-state index contributed by atoms with van der Waals surface area (Å²) in [5, 5.41) is 12.1. The predicted molar refractivity (Wildman–Crippen MR) is 60.9 cm³/mol. The van der Waals surface area contributed by atoms with Gasteiger partial charge in [0.15, 0.2) is 0 Å². The number of carbonyl (C=O) groups is 1. The van der Waals surface area contributed by atoms with Crippen LogP contribution < -0.4 is 5.32 Å². The van der Waals surface area contributed by atoms with Crippen molar-refractivity contribution >= 4 is 5.97 Å². The summed E-state index contributed by atoms with van der Waals surface area (Å²) < 4.78 is 10.4. The topological polar surface area (TPSA) is 71.7 Å². The van der Waals surface area contributed by atoms with Crippen molar-refractivity contribution in [2.75, 3.05) is 19.8 Å². The van der Waals surface area contributed by atoms with E-state index >= 15 is 0 Å². The number of furan rings is 1. The van der Waals surface area contributed by atoms with Crippen LogP contribution in [0.5, 0.6) is 0 Å². The highest BCUT2D eigenvalue weighted by atomic mass is 16.5. The Morgan fingerprint density at radius 3 is 2.94 bits per heavy atom. The summed E-state index contributed by atoms with van der Waals surface area (Å²) in [7, 11) is 0. The molecule has 1 aromatic rings. The van der Waals surface area contributed by atoms with E-state index < -0.39 is 5.97 Å². The first-order chi connectivity index (χ1) is 8.27. The fraction of sp³-hybridized carbons (Fsp3) is 0.583. The summed E-state index contributed by atoms with van der Waals surface area (Å²) in [6.45, 7) is 3.00. The minimum Gasteiger partial charge on any atom is -0.478 e. The van der Waals surface area contributed by atoms with Gasteiger partial charge in [-0.15, -0.1) is 0 Å². The molecule has 1 aromatic heterocycles. The summed E-state index contributed by atoms with van der Waals surface area (Å²) in [4.78, 5) is 10.8. The van der Waals surface area contributed by atoms with E-state index in [9.17, 15) is 4.79 Å². The van der Waals surface area contributed by atoms with Crippen LogP contribution in [0.25, 0.3) is 0 Å². The summed E-state index contributed by atoms with van der Waals surface area (Å²) in [6, 6.07) is 1.48. The maximum atomic E-state index is 10.8. The Morgan fingerprint density at radius 1 is 1.47 bits per heavy atom. The van der Waals surface area contributed by atoms with Crippen molar-refractivity contribution in [1.82, 2.24) is 5.32 Å². The Kier molecular flexibility index (Phi) is 4.17. The van der Waals surface area contributed by atoms with E-state index in [2.05, 4.69) is 5.32 Å². The van der Waals surface area contributed by atoms with Crippen LogP contribution in [0.15, 0.2) is 16.7 Å². The van der Waals surface area contributed by atoms with Crippen LogP contribution >= 0.6 is 0 Å². The van der Waals surface area contributed by atoms with Gasteiger partial charge in [-0.25, -0.2) is 4.79 Å². The number of carboxylic acids is 1. The van der Waals surface area contributed by atoms with E-state index in [1.54, 1.807) is 0 Å². The third kappa shape index (κ3) is 3.31. The summed E-state index contributed by atoms with van der Waals surface area (Å²) in [5.74, 6) is 0.165. The number of aromatic carboxylic acids is 1. The van der Waals surface area contributed by atoms with Crippen LogP contribution in [0.1, 0.15) is 29.0 Å². The maximum Gasteiger partial charge on any atom is 0.339 e. The van der Waals surface area contributed by atoms with Gasteiger partial charge in [0.2, 0.25) is 0 Å². The van der Waals surface area contributed by atoms with Crippen molar-refractivity contribution in [1.29, 1.82) is 0 Å². The van der Waals surface area contributed by atoms with Crippen LogP contribution in [0.4, 0.5) is 0 Å². The number of nitrogens with one attached hydrogen (secondary N) is 1. The molecule has 5 nitrogen and oxygen atoms in total. The molecule has 17 heavy (non-hydrogen) atoms. The average Bonchev–Trinajstić information content (AvgIpc) is 2.79. The molecule has 0 bridgehead atoms. The highest BCUT2D eigenvalue weighted by Crippen LogP contribution is 2.14. The molecule has 0 aromatic carbocycles. The number of hydrogen-bond acceptors (Lipinski definition) is 4. The molecule has 0 amide bonds. The lowest BCUT2D eigenvalue weighted by molar-refractivity contribution is 0.0660. The fourth-order valence-electron chi connectivity index (χ4n) is 2.01. The van der Waals surface area contributed by atoms with Gasteiger partial charge in [0.1, 0.15) is 11.3 Å². The molecule has 1 aliphatic rings. The SMILES string of the molecule is O=C(O)c1ccoc1CNCC1CCOCC1. The summed E-state index contributed by atoms with van der Waals surface area (Å²) in [5.41, 5.74) is 0.240. The molecule has 2 rings (SSSR count). The Hall–Kier alpha value is -1.33. The van der Waals surface area contributed by atoms with Crippen molar-refractivity contribution in [3.63, 3.8) is 0 Å². The third-order valence-corrected chi connectivity index (χ3v) is 3.04. The van der Waals surface area contributed by atoms with Crippen LogP contribution in [-0.4, -0.2) is 30.8 Å². The van der Waals surface area contributed by atoms with Crippen LogP contribution in [0, 0.1) is 5.92 Å². The highest BCUT2D eigenvalue weighted by Gasteiger charge is 2.15. The zero-order valence-electron chi connectivity index (χ0n) is 9.65. The van der Waals surface area contributed by atoms with Crippen molar-refractivity contribution in [2.24, 2.45) is 5.92 Å². The van der Waals surface area contributed by atoms with Gasteiger partial charge in [0.25, 0.3) is 0 Å². The minimum atomic E-state index is -0.943. The number of hydrogen-bond donors (Lipinski definition) is 2. The van der Waals surface area contributed by atoms with E-state index in [0.29, 0.717) is 18.2 Å². The van der Waals surface area contributed by atoms with Gasteiger partial charge in [-0.05, 0) is 31.4 Å². The standard InChI is InChI=1S/C12H17NO4/c14-12(15)10-3-6-17-11(10)8-13-7-9-1-4-16-5-2-9/h3,6,9,13H,1-2,4-5,7-8H2,(H,14,15). The largest absolute Gasteiger partial charge is 0.478 e. The molecule has 0 atom stereocenters. The zero-order chi connectivity index (χ0) is 12.1. The van der Waals surface area contributed by atoms with Crippen molar-refractivity contribution in [3.05, 3.63) is 23.7 Å². The van der Waals surface area contributed by atoms with E-state index in [0.717, 1.165) is 32.6 Å². The number of ether oxygens (including phenoxy) is 1. The Morgan fingerprint density at radius 2 is 2.24 bits per heavy atom. The molecule has 1 saturated heterocycles. The second kappa shape index (κ2) is 5.84. The summed E-state index contributed by atoms with van der Waals surface area (Å²) >= 11 is 0. The van der Waals surface area contributed by atoms with Gasteiger partial charge < -0.3 is 19.6 Å². The molecular formula is C12H17NO4. The molecule has 0 spiro atoms. The van der Waals surface area contributed by atoms with Crippen LogP contribution in [-0.2, 0) is 11.3 Å². The Balaban J connectivity index is 1.77. The number of carboxylic acid groups (broad SMARTS) is 1. The van der Waals surface area contributed by atoms with Gasteiger partial charge in [0, 0.05) is 13.2 Å². The molecule has 1 aliphatic heterocycles. The average molecular weight is 239 g/mol. The smallest absolute Gasteiger partial charge is 0.339 e. The lowest BCUT2D eigenvalue weighted by Crippen LogP contribution is -2.27. The second-order valence-electron chi connectivity index (χ2n) is 4.25. The van der Waals surface area contributed by atoms with Crippen molar-refractivity contribution in [2.45, 2.75) is 19.4 Å². The quantitative estimate of drug-likeness (QED) is 0.814. The van der Waals surface area contributed by atoms with E-state index in [4.69, 9.17) is 14.3 Å². The highest BCUT2D eigenvalue weighted by molar-refractivity contribution is 5.88. The lowest BCUT2D eigenvalue weighted by Gasteiger charge is -2.22. The third-order valence-electron chi connectivity index (χ3n) is 3.04. The molecule has 0 radical (unpaired) electrons. The molecule has 5 heteroatoms. The maximum absolute atomic E-state index is 10.8. The second-order valence-corrected chi connectivity index (χ2v) is 4.25. The Bertz CT molecular complexity index is 368. The zero-order valence-corrected chi connectivity index (χ0v) is 9.65. The lowest BCUT2D eigenvalue weighted by atomic mass is 10.0. The van der Waals surface area contributed by atoms with Gasteiger partial charge in [-0.1, -0.05) is 0 Å². The molecular weight excluding hydrogens is 222 g/mol. The van der Waals surface area contributed by atoms with Gasteiger partial charge >= 0.3 is 5.97 Å². The predicted octanol–water partition coefficient (Wildman–Crippen LogP) is 1.49. The first kappa shape index (κ1) is 12.1.